The van der Waals surface area contributed by atoms with Gasteiger partial charge in [0.05, 0.1) is 0 Å². The highest BCUT2D eigenvalue weighted by molar-refractivity contribution is 7.07. The van der Waals surface area contributed by atoms with Crippen LogP contribution >= 0.6 is 11.5 Å². The molecule has 1 aromatic heterocycles. The van der Waals surface area contributed by atoms with Crippen molar-refractivity contribution >= 4 is 17.4 Å². The quantitative estimate of drug-likeness (QED) is 0.447. The molecule has 1 heterocycles. The number of hydrogen-bond acceptors (Lipinski definition) is 5. The lowest BCUT2D eigenvalue weighted by atomic mass is 10.1. The highest BCUT2D eigenvalue weighted by Gasteiger charge is 2.10. The number of ether oxygens (including phenoxy) is 1. The van der Waals surface area contributed by atoms with E-state index in [2.05, 4.69) is 52.8 Å². The van der Waals surface area contributed by atoms with E-state index in [1.54, 1.807) is 12.1 Å². The summed E-state index contributed by atoms with van der Waals surface area (Å²) >= 11 is 1.22. The minimum atomic E-state index is -0.0794. The monoisotopic (exact) mass is 409 g/mol. The van der Waals surface area contributed by atoms with Crippen molar-refractivity contribution in [2.75, 3.05) is 6.54 Å². The molecule has 2 aromatic carbocycles. The van der Waals surface area contributed by atoms with Gasteiger partial charge in [0.15, 0.2) is 5.82 Å². The van der Waals surface area contributed by atoms with Crippen LogP contribution in [0.5, 0.6) is 10.9 Å². The van der Waals surface area contributed by atoms with E-state index in [-0.39, 0.29) is 5.91 Å². The lowest BCUT2D eigenvalue weighted by Gasteiger charge is -2.07. The van der Waals surface area contributed by atoms with E-state index in [1.165, 1.54) is 29.9 Å². The summed E-state index contributed by atoms with van der Waals surface area (Å²) in [6.07, 6.45) is 5.20. The molecule has 0 aliphatic heterocycles. The second-order valence-electron chi connectivity index (χ2n) is 7.09. The summed E-state index contributed by atoms with van der Waals surface area (Å²) in [6.45, 7) is 4.94. The van der Waals surface area contributed by atoms with Crippen LogP contribution in [0.1, 0.15) is 59.9 Å². The van der Waals surface area contributed by atoms with Crippen molar-refractivity contribution < 1.29 is 9.53 Å². The lowest BCUT2D eigenvalue weighted by Crippen LogP contribution is -2.24. The first-order valence-electron chi connectivity index (χ1n) is 10.1. The molecular weight excluding hydrogens is 382 g/mol. The van der Waals surface area contributed by atoms with Crippen molar-refractivity contribution in [2.45, 2.75) is 46.0 Å². The van der Waals surface area contributed by atoms with Gasteiger partial charge in [-0.25, -0.2) is 0 Å². The number of hydrogen-bond donors (Lipinski definition) is 1. The number of unbranched alkanes of at least 4 members (excludes halogenated alkanes) is 3. The molecule has 0 saturated carbocycles. The normalized spacial score (nSPS) is 10.7. The average Bonchev–Trinajstić information content (AvgIpc) is 3.16. The van der Waals surface area contributed by atoms with Gasteiger partial charge in [-0.2, -0.15) is 9.36 Å². The molecule has 5 nitrogen and oxygen atoms in total. The van der Waals surface area contributed by atoms with Crippen molar-refractivity contribution in [1.82, 2.24) is 14.7 Å². The van der Waals surface area contributed by atoms with E-state index < -0.39 is 0 Å². The first-order chi connectivity index (χ1) is 14.1. The molecule has 1 N–H and O–H groups in total. The fourth-order valence-corrected chi connectivity index (χ4v) is 3.47. The zero-order chi connectivity index (χ0) is 20.5. The number of nitrogens with one attached hydrogen (secondary N) is 1. The number of nitrogens with zero attached hydrogens (tertiary/aromatic N) is 2. The minimum absolute atomic E-state index is 0.0794. The van der Waals surface area contributed by atoms with Crippen molar-refractivity contribution in [3.8, 4) is 10.9 Å². The maximum atomic E-state index is 12.3. The topological polar surface area (TPSA) is 64.1 Å². The maximum absolute atomic E-state index is 12.3. The molecule has 0 aliphatic carbocycles. The zero-order valence-corrected chi connectivity index (χ0v) is 17.8. The van der Waals surface area contributed by atoms with Gasteiger partial charge < -0.3 is 10.1 Å². The zero-order valence-electron chi connectivity index (χ0n) is 17.0. The fraction of sp³-hybridized carbons (Fsp3) is 0.348. The number of aromatic nitrogens is 2. The summed E-state index contributed by atoms with van der Waals surface area (Å²) in [5.41, 5.74) is 2.98. The van der Waals surface area contributed by atoms with Crippen LogP contribution in [0.25, 0.3) is 0 Å². The standard InChI is InChI=1S/C23H27N3O2S/c1-3-4-5-6-14-24-22(27)19-8-7-9-20(16-19)28-23-25-21(26-29-23)15-18-12-10-17(2)11-13-18/h7-13,16H,3-6,14-15H2,1-2H3,(H,24,27). The summed E-state index contributed by atoms with van der Waals surface area (Å²) in [4.78, 5) is 16.8. The fourth-order valence-electron chi connectivity index (χ4n) is 2.90. The van der Waals surface area contributed by atoms with Crippen LogP contribution in [0.15, 0.2) is 48.5 Å². The maximum Gasteiger partial charge on any atom is 0.298 e. The van der Waals surface area contributed by atoms with Crippen LogP contribution in [-0.2, 0) is 6.42 Å². The van der Waals surface area contributed by atoms with Crippen LogP contribution in [0, 0.1) is 6.92 Å². The molecule has 1 amide bonds. The third kappa shape index (κ3) is 6.68. The molecule has 3 rings (SSSR count). The predicted octanol–water partition coefficient (Wildman–Crippen LogP) is 5.54. The van der Waals surface area contributed by atoms with Crippen LogP contribution in [-0.4, -0.2) is 21.8 Å². The Balaban J connectivity index is 1.55. The number of amides is 1. The summed E-state index contributed by atoms with van der Waals surface area (Å²) < 4.78 is 10.2. The van der Waals surface area contributed by atoms with Gasteiger partial charge in [-0.05, 0) is 37.1 Å². The molecular formula is C23H27N3O2S. The molecule has 0 spiro atoms. The Bertz CT molecular complexity index is 922. The molecule has 0 aliphatic rings. The highest BCUT2D eigenvalue weighted by Crippen LogP contribution is 2.24. The molecule has 152 valence electrons. The van der Waals surface area contributed by atoms with E-state index >= 15 is 0 Å². The van der Waals surface area contributed by atoms with Gasteiger partial charge in [-0.3, -0.25) is 4.79 Å². The first-order valence-corrected chi connectivity index (χ1v) is 10.9. The lowest BCUT2D eigenvalue weighted by molar-refractivity contribution is 0.0952. The van der Waals surface area contributed by atoms with Crippen molar-refractivity contribution in [3.05, 3.63) is 71.0 Å². The minimum Gasteiger partial charge on any atom is -0.430 e. The molecule has 29 heavy (non-hydrogen) atoms. The van der Waals surface area contributed by atoms with E-state index in [1.807, 2.05) is 12.1 Å². The summed E-state index contributed by atoms with van der Waals surface area (Å²) in [5.74, 6) is 1.24. The van der Waals surface area contributed by atoms with Crippen LogP contribution in [0.4, 0.5) is 0 Å². The summed E-state index contributed by atoms with van der Waals surface area (Å²) in [5, 5.41) is 3.44. The SMILES string of the molecule is CCCCCCNC(=O)c1cccc(Oc2nc(Cc3ccc(C)cc3)ns2)c1. The van der Waals surface area contributed by atoms with E-state index in [4.69, 9.17) is 4.74 Å². The predicted molar refractivity (Wildman–Crippen MR) is 117 cm³/mol. The van der Waals surface area contributed by atoms with Gasteiger partial charge in [-0.1, -0.05) is 62.1 Å². The van der Waals surface area contributed by atoms with E-state index in [0.717, 1.165) is 24.2 Å². The Morgan fingerprint density at radius 3 is 2.72 bits per heavy atom. The highest BCUT2D eigenvalue weighted by atomic mass is 32.1. The third-order valence-corrected chi connectivity index (χ3v) is 5.18. The van der Waals surface area contributed by atoms with Crippen LogP contribution in [0.3, 0.4) is 0 Å². The first kappa shape index (κ1) is 21.0. The smallest absolute Gasteiger partial charge is 0.298 e. The molecule has 3 aromatic rings. The number of carbonyl (C=O) groups excluding carboxylic acids is 1. The Hall–Kier alpha value is -2.73. The Morgan fingerprint density at radius 1 is 1.10 bits per heavy atom. The molecule has 0 bridgehead atoms. The van der Waals surface area contributed by atoms with E-state index in [0.29, 0.717) is 29.5 Å². The second kappa shape index (κ2) is 10.7. The number of benzene rings is 2. The Morgan fingerprint density at radius 2 is 1.93 bits per heavy atom. The molecule has 0 radical (unpaired) electrons. The number of rotatable bonds is 10. The van der Waals surface area contributed by atoms with Gasteiger partial charge in [0.25, 0.3) is 11.1 Å². The summed E-state index contributed by atoms with van der Waals surface area (Å²) in [6, 6.07) is 15.5. The van der Waals surface area contributed by atoms with Crippen LogP contribution in [0.2, 0.25) is 0 Å². The van der Waals surface area contributed by atoms with Crippen molar-refractivity contribution in [3.63, 3.8) is 0 Å². The van der Waals surface area contributed by atoms with Gasteiger partial charge in [-0.15, -0.1) is 0 Å². The average molecular weight is 410 g/mol. The molecule has 0 atom stereocenters. The summed E-state index contributed by atoms with van der Waals surface area (Å²) in [7, 11) is 0. The second-order valence-corrected chi connectivity index (χ2v) is 7.80. The van der Waals surface area contributed by atoms with E-state index in [9.17, 15) is 4.79 Å². The molecule has 0 unspecified atom stereocenters. The third-order valence-electron chi connectivity index (χ3n) is 4.55. The van der Waals surface area contributed by atoms with Gasteiger partial charge in [0, 0.05) is 30.1 Å². The molecule has 0 saturated heterocycles. The molecule has 6 heteroatoms. The van der Waals surface area contributed by atoms with Crippen LogP contribution < -0.4 is 10.1 Å². The number of aryl methyl sites for hydroxylation is 1. The largest absolute Gasteiger partial charge is 0.430 e. The Labute approximate surface area is 176 Å². The van der Waals surface area contributed by atoms with Gasteiger partial charge >= 0.3 is 0 Å². The Kier molecular flexibility index (Phi) is 7.76. The van der Waals surface area contributed by atoms with Gasteiger partial charge in [0.2, 0.25) is 0 Å². The number of carbonyl (C=O) groups is 1. The van der Waals surface area contributed by atoms with Crippen molar-refractivity contribution in [1.29, 1.82) is 0 Å². The van der Waals surface area contributed by atoms with Crippen molar-refractivity contribution in [2.24, 2.45) is 0 Å². The molecule has 0 fully saturated rings. The van der Waals surface area contributed by atoms with Gasteiger partial charge in [0.1, 0.15) is 5.75 Å².